The van der Waals surface area contributed by atoms with E-state index in [1.54, 1.807) is 36.4 Å². The number of rotatable bonds is 5. The molecule has 0 saturated carbocycles. The number of hydrazine groups is 1. The van der Waals surface area contributed by atoms with Gasteiger partial charge in [0.1, 0.15) is 0 Å². The van der Waals surface area contributed by atoms with Crippen molar-refractivity contribution in [2.24, 2.45) is 0 Å². The Bertz CT molecular complexity index is 975. The normalized spacial score (nSPS) is 10.5. The van der Waals surface area contributed by atoms with Gasteiger partial charge in [-0.05, 0) is 18.2 Å². The molecule has 0 spiro atoms. The Morgan fingerprint density at radius 2 is 1.92 bits per heavy atom. The molecule has 26 heavy (non-hydrogen) atoms. The highest BCUT2D eigenvalue weighted by molar-refractivity contribution is 8.01. The van der Waals surface area contributed by atoms with Crippen LogP contribution in [0.1, 0.15) is 10.4 Å². The number of fused-ring (bicyclic) bond motifs is 1. The highest BCUT2D eigenvalue weighted by Crippen LogP contribution is 2.31. The monoisotopic (exact) mass is 388 g/mol. The van der Waals surface area contributed by atoms with E-state index in [9.17, 15) is 19.7 Å². The van der Waals surface area contributed by atoms with Crippen LogP contribution in [0.25, 0.3) is 10.2 Å². The molecule has 3 rings (SSSR count). The number of nitro groups is 1. The molecule has 0 aliphatic rings. The zero-order valence-electron chi connectivity index (χ0n) is 13.2. The molecule has 132 valence electrons. The lowest BCUT2D eigenvalue weighted by Crippen LogP contribution is -2.42. The minimum Gasteiger partial charge on any atom is -0.272 e. The van der Waals surface area contributed by atoms with Crippen molar-refractivity contribution in [3.8, 4) is 0 Å². The summed E-state index contributed by atoms with van der Waals surface area (Å²) < 4.78 is 1.30. The summed E-state index contributed by atoms with van der Waals surface area (Å²) in [6.45, 7) is 0. The standard InChI is InChI=1S/C16H12N4O4S2/c21-14(18-19-15(22)10-4-2-1-3-5-10)9-25-16-17-12-7-6-11(20(23)24)8-13(12)26-16/h1-8H,9H2,(H,18,21)(H,19,22). The second-order valence-electron chi connectivity index (χ2n) is 5.05. The first-order valence-corrected chi connectivity index (χ1v) is 9.15. The van der Waals surface area contributed by atoms with E-state index in [1.807, 2.05) is 0 Å². The van der Waals surface area contributed by atoms with Gasteiger partial charge >= 0.3 is 0 Å². The molecular weight excluding hydrogens is 376 g/mol. The molecule has 2 aromatic carbocycles. The smallest absolute Gasteiger partial charge is 0.270 e. The molecule has 2 N–H and O–H groups in total. The van der Waals surface area contributed by atoms with Gasteiger partial charge in [-0.3, -0.25) is 30.6 Å². The van der Waals surface area contributed by atoms with E-state index in [2.05, 4.69) is 15.8 Å². The summed E-state index contributed by atoms with van der Waals surface area (Å²) in [7, 11) is 0. The number of benzene rings is 2. The fourth-order valence-electron chi connectivity index (χ4n) is 2.02. The molecule has 8 nitrogen and oxygen atoms in total. The Balaban J connectivity index is 1.53. The molecule has 10 heteroatoms. The largest absolute Gasteiger partial charge is 0.272 e. The number of thiazole rings is 1. The fraction of sp³-hybridized carbons (Fsp3) is 0.0625. The summed E-state index contributed by atoms with van der Waals surface area (Å²) in [6.07, 6.45) is 0. The molecule has 0 fully saturated rings. The summed E-state index contributed by atoms with van der Waals surface area (Å²) in [5.41, 5.74) is 5.75. The molecule has 0 bridgehead atoms. The number of aromatic nitrogens is 1. The first-order chi connectivity index (χ1) is 12.5. The summed E-state index contributed by atoms with van der Waals surface area (Å²) >= 11 is 2.46. The first kappa shape index (κ1) is 17.8. The molecular formula is C16H12N4O4S2. The number of hydrogen-bond acceptors (Lipinski definition) is 7. The lowest BCUT2D eigenvalue weighted by atomic mass is 10.2. The number of nitro benzene ring substituents is 1. The van der Waals surface area contributed by atoms with E-state index < -0.39 is 10.8 Å². The Morgan fingerprint density at radius 3 is 2.65 bits per heavy atom. The number of nitrogens with one attached hydrogen (secondary N) is 2. The Morgan fingerprint density at radius 1 is 1.15 bits per heavy atom. The maximum absolute atomic E-state index is 11.9. The van der Waals surface area contributed by atoms with Crippen molar-refractivity contribution in [2.75, 3.05) is 5.75 Å². The van der Waals surface area contributed by atoms with Crippen LogP contribution in [0.5, 0.6) is 0 Å². The van der Waals surface area contributed by atoms with Crippen LogP contribution in [-0.4, -0.2) is 27.5 Å². The minimum absolute atomic E-state index is 0.000863. The number of hydrogen-bond donors (Lipinski definition) is 2. The second-order valence-corrected chi connectivity index (χ2v) is 7.30. The minimum atomic E-state index is -0.463. The topological polar surface area (TPSA) is 114 Å². The van der Waals surface area contributed by atoms with Crippen LogP contribution in [-0.2, 0) is 4.79 Å². The zero-order chi connectivity index (χ0) is 18.5. The summed E-state index contributed by atoms with van der Waals surface area (Å²) in [5.74, 6) is -0.738. The van der Waals surface area contributed by atoms with Gasteiger partial charge in [-0.25, -0.2) is 4.98 Å². The van der Waals surface area contributed by atoms with Crippen molar-refractivity contribution in [1.82, 2.24) is 15.8 Å². The summed E-state index contributed by atoms with van der Waals surface area (Å²) in [6, 6.07) is 12.9. The second kappa shape index (κ2) is 7.93. The predicted octanol–water partition coefficient (Wildman–Crippen LogP) is 2.76. The third-order valence-corrected chi connectivity index (χ3v) is 5.40. The SMILES string of the molecule is O=C(CSc1nc2ccc([N+](=O)[O-])cc2s1)NNC(=O)c1ccccc1. The number of non-ortho nitro benzene ring substituents is 1. The molecule has 0 atom stereocenters. The lowest BCUT2D eigenvalue weighted by molar-refractivity contribution is -0.384. The van der Waals surface area contributed by atoms with Gasteiger partial charge in [-0.15, -0.1) is 11.3 Å². The molecule has 1 aromatic heterocycles. The van der Waals surface area contributed by atoms with Crippen molar-refractivity contribution in [1.29, 1.82) is 0 Å². The average molecular weight is 388 g/mol. The van der Waals surface area contributed by atoms with Crippen LogP contribution in [0.4, 0.5) is 5.69 Å². The Labute approximate surface area is 155 Å². The van der Waals surface area contributed by atoms with Gasteiger partial charge in [-0.1, -0.05) is 30.0 Å². The van der Waals surface area contributed by atoms with Crippen LogP contribution in [0, 0.1) is 10.1 Å². The van der Waals surface area contributed by atoms with Crippen molar-refractivity contribution in [2.45, 2.75) is 4.34 Å². The van der Waals surface area contributed by atoms with Gasteiger partial charge in [0.15, 0.2) is 4.34 Å². The van der Waals surface area contributed by atoms with Crippen LogP contribution < -0.4 is 10.9 Å². The molecule has 0 aliphatic carbocycles. The van der Waals surface area contributed by atoms with E-state index in [1.165, 1.54) is 35.2 Å². The predicted molar refractivity (Wildman–Crippen MR) is 99.0 cm³/mol. The number of nitrogens with zero attached hydrogens (tertiary/aromatic N) is 2. The Kier molecular flexibility index (Phi) is 5.44. The van der Waals surface area contributed by atoms with Gasteiger partial charge in [0, 0.05) is 17.7 Å². The molecule has 3 aromatic rings. The number of carbonyl (C=O) groups is 2. The molecule has 0 radical (unpaired) electrons. The van der Waals surface area contributed by atoms with Gasteiger partial charge in [-0.2, -0.15) is 0 Å². The highest BCUT2D eigenvalue weighted by Gasteiger charge is 2.12. The van der Waals surface area contributed by atoms with Gasteiger partial charge < -0.3 is 0 Å². The first-order valence-electron chi connectivity index (χ1n) is 7.35. The number of carbonyl (C=O) groups excluding carboxylic acids is 2. The van der Waals surface area contributed by atoms with E-state index in [0.29, 0.717) is 20.1 Å². The van der Waals surface area contributed by atoms with Crippen molar-refractivity contribution >= 4 is 50.8 Å². The van der Waals surface area contributed by atoms with Crippen LogP contribution in [0.3, 0.4) is 0 Å². The molecule has 0 unspecified atom stereocenters. The summed E-state index contributed by atoms with van der Waals surface area (Å²) in [4.78, 5) is 38.3. The van der Waals surface area contributed by atoms with Crippen LogP contribution >= 0.6 is 23.1 Å². The highest BCUT2D eigenvalue weighted by atomic mass is 32.2. The fourth-order valence-corrected chi connectivity index (χ4v) is 3.92. The number of amides is 2. The van der Waals surface area contributed by atoms with Gasteiger partial charge in [0.05, 0.1) is 20.9 Å². The quantitative estimate of drug-likeness (QED) is 0.395. The van der Waals surface area contributed by atoms with E-state index in [4.69, 9.17) is 0 Å². The molecule has 2 amide bonds. The maximum atomic E-state index is 11.9. The number of thioether (sulfide) groups is 1. The van der Waals surface area contributed by atoms with Crippen molar-refractivity contribution in [3.63, 3.8) is 0 Å². The third kappa shape index (κ3) is 4.35. The molecule has 0 aliphatic heterocycles. The van der Waals surface area contributed by atoms with E-state index in [0.717, 1.165) is 0 Å². The van der Waals surface area contributed by atoms with Crippen molar-refractivity contribution < 1.29 is 14.5 Å². The van der Waals surface area contributed by atoms with E-state index >= 15 is 0 Å². The Hall–Kier alpha value is -2.98. The van der Waals surface area contributed by atoms with Crippen molar-refractivity contribution in [3.05, 3.63) is 64.2 Å². The average Bonchev–Trinajstić information content (AvgIpc) is 3.07. The van der Waals surface area contributed by atoms with E-state index in [-0.39, 0.29) is 17.3 Å². The zero-order valence-corrected chi connectivity index (χ0v) is 14.8. The third-order valence-electron chi connectivity index (χ3n) is 3.24. The summed E-state index contributed by atoms with van der Waals surface area (Å²) in [5, 5.41) is 10.8. The molecule has 0 saturated heterocycles. The maximum Gasteiger partial charge on any atom is 0.270 e. The van der Waals surface area contributed by atoms with Gasteiger partial charge in [0.2, 0.25) is 5.91 Å². The van der Waals surface area contributed by atoms with Crippen LogP contribution in [0.15, 0.2) is 52.9 Å². The lowest BCUT2D eigenvalue weighted by Gasteiger charge is -2.06. The van der Waals surface area contributed by atoms with Crippen LogP contribution in [0.2, 0.25) is 0 Å². The van der Waals surface area contributed by atoms with Gasteiger partial charge in [0.25, 0.3) is 11.6 Å². The molecule has 1 heterocycles.